The molecule has 0 spiro atoms. The SMILES string of the molecule is C=CCNC(=NCc1ccc2c(c1)OCO2)NCC.I. The second kappa shape index (κ2) is 8.68. The zero-order chi connectivity index (χ0) is 13.5. The van der Waals surface area contributed by atoms with E-state index in [2.05, 4.69) is 22.2 Å². The minimum Gasteiger partial charge on any atom is -0.454 e. The predicted molar refractivity (Wildman–Crippen MR) is 91.0 cm³/mol. The number of benzene rings is 1. The number of hydrogen-bond acceptors (Lipinski definition) is 3. The Kier molecular flexibility index (Phi) is 7.21. The molecule has 20 heavy (non-hydrogen) atoms. The fourth-order valence-corrected chi connectivity index (χ4v) is 1.72. The van der Waals surface area contributed by atoms with Crippen LogP contribution in [0.25, 0.3) is 0 Å². The summed E-state index contributed by atoms with van der Waals surface area (Å²) < 4.78 is 10.6. The topological polar surface area (TPSA) is 54.9 Å². The first-order valence-electron chi connectivity index (χ1n) is 6.35. The van der Waals surface area contributed by atoms with Crippen LogP contribution in [-0.4, -0.2) is 25.8 Å². The molecule has 0 radical (unpaired) electrons. The Morgan fingerprint density at radius 1 is 1.35 bits per heavy atom. The first kappa shape index (κ1) is 16.6. The molecule has 1 heterocycles. The van der Waals surface area contributed by atoms with Crippen molar-refractivity contribution < 1.29 is 9.47 Å². The Morgan fingerprint density at radius 3 is 2.90 bits per heavy atom. The van der Waals surface area contributed by atoms with Crippen LogP contribution in [0.1, 0.15) is 12.5 Å². The van der Waals surface area contributed by atoms with Gasteiger partial charge >= 0.3 is 0 Å². The normalized spacial score (nSPS) is 12.6. The molecular weight excluding hydrogens is 369 g/mol. The first-order chi connectivity index (χ1) is 9.33. The van der Waals surface area contributed by atoms with Crippen LogP contribution >= 0.6 is 24.0 Å². The van der Waals surface area contributed by atoms with Crippen molar-refractivity contribution in [2.45, 2.75) is 13.5 Å². The third kappa shape index (κ3) is 4.59. The van der Waals surface area contributed by atoms with Gasteiger partial charge in [-0.1, -0.05) is 12.1 Å². The number of ether oxygens (including phenoxy) is 2. The molecule has 0 saturated heterocycles. The monoisotopic (exact) mass is 389 g/mol. The summed E-state index contributed by atoms with van der Waals surface area (Å²) in [6.45, 7) is 8.10. The molecule has 6 heteroatoms. The van der Waals surface area contributed by atoms with Crippen LogP contribution in [0.3, 0.4) is 0 Å². The number of nitrogens with zero attached hydrogens (tertiary/aromatic N) is 1. The molecule has 110 valence electrons. The number of guanidine groups is 1. The molecule has 2 N–H and O–H groups in total. The van der Waals surface area contributed by atoms with E-state index in [9.17, 15) is 0 Å². The van der Waals surface area contributed by atoms with Gasteiger partial charge in [-0.2, -0.15) is 0 Å². The lowest BCUT2D eigenvalue weighted by molar-refractivity contribution is 0.174. The van der Waals surface area contributed by atoms with Crippen LogP contribution in [0.5, 0.6) is 11.5 Å². The van der Waals surface area contributed by atoms with Crippen LogP contribution < -0.4 is 20.1 Å². The van der Waals surface area contributed by atoms with E-state index in [0.29, 0.717) is 19.9 Å². The van der Waals surface area contributed by atoms with Crippen molar-refractivity contribution in [2.24, 2.45) is 4.99 Å². The largest absolute Gasteiger partial charge is 0.454 e. The Balaban J connectivity index is 0.00000200. The molecule has 0 atom stereocenters. The highest BCUT2D eigenvalue weighted by atomic mass is 127. The maximum absolute atomic E-state index is 5.34. The summed E-state index contributed by atoms with van der Waals surface area (Å²) in [5.74, 6) is 2.36. The number of hydrogen-bond donors (Lipinski definition) is 2. The second-order valence-electron chi connectivity index (χ2n) is 4.05. The summed E-state index contributed by atoms with van der Waals surface area (Å²) in [6.07, 6.45) is 1.80. The average molecular weight is 389 g/mol. The number of nitrogens with one attached hydrogen (secondary N) is 2. The second-order valence-corrected chi connectivity index (χ2v) is 4.05. The highest BCUT2D eigenvalue weighted by Crippen LogP contribution is 2.32. The van der Waals surface area contributed by atoms with Crippen molar-refractivity contribution in [1.82, 2.24) is 10.6 Å². The van der Waals surface area contributed by atoms with Crippen molar-refractivity contribution >= 4 is 29.9 Å². The van der Waals surface area contributed by atoms with E-state index in [0.717, 1.165) is 29.6 Å². The molecule has 0 fully saturated rings. The molecule has 0 unspecified atom stereocenters. The van der Waals surface area contributed by atoms with Gasteiger partial charge < -0.3 is 20.1 Å². The quantitative estimate of drug-likeness (QED) is 0.351. The zero-order valence-electron chi connectivity index (χ0n) is 11.5. The summed E-state index contributed by atoms with van der Waals surface area (Å²) in [4.78, 5) is 4.50. The van der Waals surface area contributed by atoms with Gasteiger partial charge in [-0.05, 0) is 24.6 Å². The van der Waals surface area contributed by atoms with Gasteiger partial charge in [0.15, 0.2) is 17.5 Å². The van der Waals surface area contributed by atoms with E-state index < -0.39 is 0 Å². The number of halogens is 1. The summed E-state index contributed by atoms with van der Waals surface area (Å²) >= 11 is 0. The van der Waals surface area contributed by atoms with Crippen molar-refractivity contribution in [3.63, 3.8) is 0 Å². The zero-order valence-corrected chi connectivity index (χ0v) is 13.8. The van der Waals surface area contributed by atoms with E-state index in [4.69, 9.17) is 9.47 Å². The van der Waals surface area contributed by atoms with Gasteiger partial charge in [0.2, 0.25) is 6.79 Å². The number of rotatable bonds is 5. The molecule has 5 nitrogen and oxygen atoms in total. The summed E-state index contributed by atoms with van der Waals surface area (Å²) in [5, 5.41) is 6.33. The van der Waals surface area contributed by atoms with Crippen molar-refractivity contribution in [1.29, 1.82) is 0 Å². The minimum absolute atomic E-state index is 0. The lowest BCUT2D eigenvalue weighted by Crippen LogP contribution is -2.37. The number of aliphatic imine (C=N–C) groups is 1. The Labute approximate surface area is 136 Å². The highest BCUT2D eigenvalue weighted by molar-refractivity contribution is 14.0. The van der Waals surface area contributed by atoms with Crippen LogP contribution in [0, 0.1) is 0 Å². The fraction of sp³-hybridized carbons (Fsp3) is 0.357. The van der Waals surface area contributed by atoms with Crippen LogP contribution in [0.2, 0.25) is 0 Å². The molecule has 0 amide bonds. The lowest BCUT2D eigenvalue weighted by atomic mass is 10.2. The molecule has 1 aliphatic rings. The van der Waals surface area contributed by atoms with Gasteiger partial charge in [-0.25, -0.2) is 4.99 Å². The predicted octanol–water partition coefficient (Wildman–Crippen LogP) is 2.27. The molecule has 2 rings (SSSR count). The standard InChI is InChI=1S/C14H19N3O2.HI/c1-3-7-16-14(15-4-2)17-9-11-5-6-12-13(8-11)19-10-18-12;/h3,5-6,8H,1,4,7,9-10H2,2H3,(H2,15,16,17);1H. The lowest BCUT2D eigenvalue weighted by Gasteiger charge is -2.09. The minimum atomic E-state index is 0. The van der Waals surface area contributed by atoms with Crippen molar-refractivity contribution in [2.75, 3.05) is 19.9 Å². The van der Waals surface area contributed by atoms with E-state index in [1.165, 1.54) is 0 Å². The van der Waals surface area contributed by atoms with E-state index >= 15 is 0 Å². The first-order valence-corrected chi connectivity index (χ1v) is 6.35. The van der Waals surface area contributed by atoms with Crippen LogP contribution in [-0.2, 0) is 6.54 Å². The number of fused-ring (bicyclic) bond motifs is 1. The molecule has 0 aromatic heterocycles. The Hall–Kier alpha value is -1.44. The van der Waals surface area contributed by atoms with E-state index in [1.54, 1.807) is 6.08 Å². The maximum Gasteiger partial charge on any atom is 0.231 e. The Morgan fingerprint density at radius 2 is 2.15 bits per heavy atom. The highest BCUT2D eigenvalue weighted by Gasteiger charge is 2.12. The molecule has 1 aromatic rings. The summed E-state index contributed by atoms with van der Waals surface area (Å²) in [6, 6.07) is 5.87. The molecule has 1 aromatic carbocycles. The molecular formula is C14H20IN3O2. The third-order valence-corrected chi connectivity index (χ3v) is 2.61. The average Bonchev–Trinajstić information content (AvgIpc) is 2.89. The Bertz CT molecular complexity index is 477. The smallest absolute Gasteiger partial charge is 0.231 e. The van der Waals surface area contributed by atoms with Gasteiger partial charge in [-0.15, -0.1) is 30.6 Å². The van der Waals surface area contributed by atoms with Crippen LogP contribution in [0.15, 0.2) is 35.8 Å². The van der Waals surface area contributed by atoms with E-state index in [-0.39, 0.29) is 24.0 Å². The fourth-order valence-electron chi connectivity index (χ4n) is 1.72. The van der Waals surface area contributed by atoms with Gasteiger partial charge in [0.05, 0.1) is 6.54 Å². The van der Waals surface area contributed by atoms with E-state index in [1.807, 2.05) is 25.1 Å². The molecule has 1 aliphatic heterocycles. The van der Waals surface area contributed by atoms with Gasteiger partial charge in [-0.3, -0.25) is 0 Å². The third-order valence-electron chi connectivity index (χ3n) is 2.61. The van der Waals surface area contributed by atoms with Gasteiger partial charge in [0.25, 0.3) is 0 Å². The summed E-state index contributed by atoms with van der Waals surface area (Å²) in [5.41, 5.74) is 1.08. The molecule has 0 saturated carbocycles. The van der Waals surface area contributed by atoms with Crippen molar-refractivity contribution in [3.8, 4) is 11.5 Å². The van der Waals surface area contributed by atoms with Crippen LogP contribution in [0.4, 0.5) is 0 Å². The molecule has 0 aliphatic carbocycles. The van der Waals surface area contributed by atoms with Gasteiger partial charge in [0.1, 0.15) is 0 Å². The van der Waals surface area contributed by atoms with Crippen molar-refractivity contribution in [3.05, 3.63) is 36.4 Å². The maximum atomic E-state index is 5.34. The van der Waals surface area contributed by atoms with Gasteiger partial charge in [0, 0.05) is 13.1 Å². The molecule has 0 bridgehead atoms. The summed E-state index contributed by atoms with van der Waals surface area (Å²) in [7, 11) is 0.